The molecule has 0 aliphatic rings. The first-order chi connectivity index (χ1) is 10.5. The van der Waals surface area contributed by atoms with Crippen LogP contribution in [-0.2, 0) is 16.1 Å². The van der Waals surface area contributed by atoms with Crippen molar-refractivity contribution in [1.82, 2.24) is 5.32 Å². The summed E-state index contributed by atoms with van der Waals surface area (Å²) in [5, 5.41) is 11.6. The number of rotatable bonds is 9. The highest BCUT2D eigenvalue weighted by atomic mass is 16.5. The van der Waals surface area contributed by atoms with Gasteiger partial charge < -0.3 is 15.2 Å². The second-order valence-electron chi connectivity index (χ2n) is 5.83. The second-order valence-corrected chi connectivity index (χ2v) is 5.83. The molecule has 2 N–H and O–H groups in total. The average molecular weight is 307 g/mol. The van der Waals surface area contributed by atoms with Crippen LogP contribution in [0.3, 0.4) is 0 Å². The van der Waals surface area contributed by atoms with Crippen LogP contribution in [-0.4, -0.2) is 23.2 Å². The molecule has 0 aromatic heterocycles. The van der Waals surface area contributed by atoms with Gasteiger partial charge in [-0.3, -0.25) is 4.79 Å². The minimum absolute atomic E-state index is 0.0848. The first kappa shape index (κ1) is 18.0. The zero-order valence-corrected chi connectivity index (χ0v) is 13.2. The number of amides is 1. The lowest BCUT2D eigenvalue weighted by molar-refractivity contribution is -0.137. The zero-order chi connectivity index (χ0) is 16.4. The van der Waals surface area contributed by atoms with E-state index in [4.69, 9.17) is 9.84 Å². The molecule has 0 saturated heterocycles. The molecule has 0 bridgehead atoms. The Kier molecular flexibility index (Phi) is 8.04. The number of carboxylic acids is 1. The predicted octanol–water partition coefficient (Wildman–Crippen LogP) is 3.58. The quantitative estimate of drug-likeness (QED) is 0.731. The fourth-order valence-electron chi connectivity index (χ4n) is 2.14. The number of benzene rings is 1. The summed E-state index contributed by atoms with van der Waals surface area (Å²) in [6, 6.07) is 8.97. The number of carboxylic acid groups (broad SMARTS) is 1. The molecule has 1 aromatic carbocycles. The molecule has 0 spiro atoms. The number of hydrogen-bond acceptors (Lipinski definition) is 3. The van der Waals surface area contributed by atoms with Gasteiger partial charge in [0.1, 0.15) is 6.61 Å². The SMILES string of the molecule is CC(C)CCCC(CC(=O)O)NC(=O)OCc1ccccc1. The van der Waals surface area contributed by atoms with Crippen LogP contribution in [0, 0.1) is 5.92 Å². The minimum atomic E-state index is -0.919. The Morgan fingerprint density at radius 2 is 1.86 bits per heavy atom. The summed E-state index contributed by atoms with van der Waals surface area (Å²) in [4.78, 5) is 22.7. The second kappa shape index (κ2) is 9.82. The van der Waals surface area contributed by atoms with Crippen molar-refractivity contribution in [2.24, 2.45) is 5.92 Å². The van der Waals surface area contributed by atoms with Crippen LogP contribution in [0.15, 0.2) is 30.3 Å². The van der Waals surface area contributed by atoms with Crippen LogP contribution in [0.2, 0.25) is 0 Å². The normalized spacial score (nSPS) is 12.0. The van der Waals surface area contributed by atoms with Crippen molar-refractivity contribution in [1.29, 1.82) is 0 Å². The topological polar surface area (TPSA) is 75.6 Å². The van der Waals surface area contributed by atoms with Crippen LogP contribution in [0.5, 0.6) is 0 Å². The van der Waals surface area contributed by atoms with E-state index in [1.54, 1.807) is 0 Å². The van der Waals surface area contributed by atoms with Gasteiger partial charge in [0.05, 0.1) is 6.42 Å². The molecule has 0 aliphatic heterocycles. The average Bonchev–Trinajstić information content (AvgIpc) is 2.45. The molecule has 1 atom stereocenters. The fraction of sp³-hybridized carbons (Fsp3) is 0.529. The number of nitrogens with one attached hydrogen (secondary N) is 1. The highest BCUT2D eigenvalue weighted by Crippen LogP contribution is 2.11. The standard InChI is InChI=1S/C17H25NO4/c1-13(2)7-6-10-15(11-16(19)20)18-17(21)22-12-14-8-4-3-5-9-14/h3-5,8-9,13,15H,6-7,10-12H2,1-2H3,(H,18,21)(H,19,20). The molecule has 122 valence electrons. The van der Waals surface area contributed by atoms with Crippen molar-refractivity contribution in [3.63, 3.8) is 0 Å². The zero-order valence-electron chi connectivity index (χ0n) is 13.2. The van der Waals surface area contributed by atoms with E-state index in [1.165, 1.54) is 0 Å². The van der Waals surface area contributed by atoms with Gasteiger partial charge >= 0.3 is 12.1 Å². The fourth-order valence-corrected chi connectivity index (χ4v) is 2.14. The Morgan fingerprint density at radius 1 is 1.18 bits per heavy atom. The van der Waals surface area contributed by atoms with Crippen LogP contribution < -0.4 is 5.32 Å². The summed E-state index contributed by atoms with van der Waals surface area (Å²) in [7, 11) is 0. The maximum atomic E-state index is 11.8. The van der Waals surface area contributed by atoms with Gasteiger partial charge in [-0.15, -0.1) is 0 Å². The monoisotopic (exact) mass is 307 g/mol. The number of carbonyl (C=O) groups is 2. The highest BCUT2D eigenvalue weighted by Gasteiger charge is 2.16. The summed E-state index contributed by atoms with van der Waals surface area (Å²) in [5.74, 6) is -0.353. The Morgan fingerprint density at radius 3 is 2.45 bits per heavy atom. The third kappa shape index (κ3) is 8.29. The van der Waals surface area contributed by atoms with Crippen molar-refractivity contribution >= 4 is 12.1 Å². The molecule has 1 rings (SSSR count). The molecule has 1 amide bonds. The predicted molar refractivity (Wildman–Crippen MR) is 84.5 cm³/mol. The van der Waals surface area contributed by atoms with Gasteiger partial charge in [0.15, 0.2) is 0 Å². The molecule has 0 heterocycles. The molecule has 1 aromatic rings. The molecular formula is C17H25NO4. The van der Waals surface area contributed by atoms with Gasteiger partial charge in [0, 0.05) is 6.04 Å². The van der Waals surface area contributed by atoms with Crippen LogP contribution in [0.25, 0.3) is 0 Å². The Labute approximate surface area is 131 Å². The molecule has 1 unspecified atom stereocenters. The number of alkyl carbamates (subject to hydrolysis) is 1. The largest absolute Gasteiger partial charge is 0.481 e. The molecule has 0 fully saturated rings. The van der Waals surface area contributed by atoms with Crippen molar-refractivity contribution in [3.8, 4) is 0 Å². The maximum absolute atomic E-state index is 11.8. The van der Waals surface area contributed by atoms with Crippen molar-refractivity contribution in [3.05, 3.63) is 35.9 Å². The van der Waals surface area contributed by atoms with E-state index in [-0.39, 0.29) is 19.1 Å². The summed E-state index contributed by atoms with van der Waals surface area (Å²) in [6.07, 6.45) is 1.88. The number of ether oxygens (including phenoxy) is 1. The Balaban J connectivity index is 2.39. The summed E-state index contributed by atoms with van der Waals surface area (Å²) in [6.45, 7) is 4.42. The lowest BCUT2D eigenvalue weighted by Crippen LogP contribution is -2.36. The van der Waals surface area contributed by atoms with E-state index in [1.807, 2.05) is 30.3 Å². The number of aliphatic carboxylic acids is 1. The van der Waals surface area contributed by atoms with Gasteiger partial charge in [0.25, 0.3) is 0 Å². The molecular weight excluding hydrogens is 282 g/mol. The van der Waals surface area contributed by atoms with Gasteiger partial charge in [-0.25, -0.2) is 4.79 Å². The van der Waals surface area contributed by atoms with E-state index >= 15 is 0 Å². The minimum Gasteiger partial charge on any atom is -0.481 e. The van der Waals surface area contributed by atoms with E-state index < -0.39 is 12.1 Å². The van der Waals surface area contributed by atoms with Crippen LogP contribution >= 0.6 is 0 Å². The third-order valence-corrected chi connectivity index (χ3v) is 3.29. The highest BCUT2D eigenvalue weighted by molar-refractivity contribution is 5.71. The molecule has 22 heavy (non-hydrogen) atoms. The molecule has 0 aliphatic carbocycles. The smallest absolute Gasteiger partial charge is 0.407 e. The molecule has 5 heteroatoms. The summed E-state index contributed by atoms with van der Waals surface area (Å²) >= 11 is 0. The third-order valence-electron chi connectivity index (χ3n) is 3.29. The lowest BCUT2D eigenvalue weighted by Gasteiger charge is -2.17. The maximum Gasteiger partial charge on any atom is 0.407 e. The number of hydrogen-bond donors (Lipinski definition) is 2. The number of carbonyl (C=O) groups excluding carboxylic acids is 1. The van der Waals surface area contributed by atoms with Crippen molar-refractivity contribution in [2.75, 3.05) is 0 Å². The lowest BCUT2D eigenvalue weighted by atomic mass is 10.0. The van der Waals surface area contributed by atoms with Gasteiger partial charge in [-0.2, -0.15) is 0 Å². The molecule has 0 saturated carbocycles. The van der Waals surface area contributed by atoms with Crippen molar-refractivity contribution in [2.45, 2.75) is 52.2 Å². The first-order valence-electron chi connectivity index (χ1n) is 7.66. The van der Waals surface area contributed by atoms with Gasteiger partial charge in [-0.1, -0.05) is 57.0 Å². The van der Waals surface area contributed by atoms with E-state index in [9.17, 15) is 9.59 Å². The van der Waals surface area contributed by atoms with E-state index in [0.29, 0.717) is 12.3 Å². The van der Waals surface area contributed by atoms with Crippen molar-refractivity contribution < 1.29 is 19.4 Å². The molecule has 0 radical (unpaired) electrons. The Bertz CT molecular complexity index is 459. The molecule has 5 nitrogen and oxygen atoms in total. The summed E-state index contributed by atoms with van der Waals surface area (Å²) in [5.41, 5.74) is 0.896. The van der Waals surface area contributed by atoms with Crippen LogP contribution in [0.1, 0.15) is 45.1 Å². The van der Waals surface area contributed by atoms with E-state index in [2.05, 4.69) is 19.2 Å². The van der Waals surface area contributed by atoms with E-state index in [0.717, 1.165) is 18.4 Å². The first-order valence-corrected chi connectivity index (χ1v) is 7.66. The summed E-state index contributed by atoms with van der Waals surface area (Å²) < 4.78 is 5.12. The van der Waals surface area contributed by atoms with Crippen LogP contribution in [0.4, 0.5) is 4.79 Å². The van der Waals surface area contributed by atoms with Gasteiger partial charge in [-0.05, 0) is 17.9 Å². The van der Waals surface area contributed by atoms with Gasteiger partial charge in [0.2, 0.25) is 0 Å². The Hall–Kier alpha value is -2.04.